The van der Waals surface area contributed by atoms with Crippen LogP contribution in [0.4, 0.5) is 5.69 Å². The van der Waals surface area contributed by atoms with Crippen LogP contribution in [0.2, 0.25) is 0 Å². The third-order valence-electron chi connectivity index (χ3n) is 8.07. The number of piperazine rings is 1. The Morgan fingerprint density at radius 2 is 1.88 bits per heavy atom. The summed E-state index contributed by atoms with van der Waals surface area (Å²) in [4.78, 5) is 22.4. The monoisotopic (exact) mass is 501 g/mol. The van der Waals surface area contributed by atoms with Gasteiger partial charge in [-0.2, -0.15) is 0 Å². The zero-order valence-electron chi connectivity index (χ0n) is 19.2. The minimum Gasteiger partial charge on any atom is -0.368 e. The molecule has 33 heavy (non-hydrogen) atoms. The summed E-state index contributed by atoms with van der Waals surface area (Å²) in [6, 6.07) is 10.9. The SMILES string of the molecule is C#Cc1ccc2c3c([nH]c2c1)C(C)(C)c1cc(N2CCN(C4CCC4)CC2)c(Br)cc1C3=O. The Hall–Kier alpha value is -2.55. The molecule has 2 fully saturated rings. The van der Waals surface area contributed by atoms with Crippen LogP contribution in [0.5, 0.6) is 0 Å². The second kappa shape index (κ2) is 7.48. The van der Waals surface area contributed by atoms with Crippen LogP contribution < -0.4 is 4.90 Å². The molecule has 0 radical (unpaired) electrons. The number of benzene rings is 2. The molecule has 1 saturated heterocycles. The van der Waals surface area contributed by atoms with Gasteiger partial charge >= 0.3 is 0 Å². The number of rotatable bonds is 2. The molecular weight excluding hydrogens is 474 g/mol. The molecule has 1 N–H and O–H groups in total. The van der Waals surface area contributed by atoms with Gasteiger partial charge in [0, 0.05) is 69.8 Å². The van der Waals surface area contributed by atoms with Gasteiger partial charge in [-0.1, -0.05) is 32.3 Å². The van der Waals surface area contributed by atoms with Gasteiger partial charge in [-0.3, -0.25) is 9.69 Å². The van der Waals surface area contributed by atoms with Crippen molar-refractivity contribution in [3.8, 4) is 12.3 Å². The van der Waals surface area contributed by atoms with Gasteiger partial charge in [-0.25, -0.2) is 0 Å². The van der Waals surface area contributed by atoms with E-state index < -0.39 is 0 Å². The molecule has 2 aromatic carbocycles. The van der Waals surface area contributed by atoms with Crippen LogP contribution in [0.15, 0.2) is 34.8 Å². The topological polar surface area (TPSA) is 39.3 Å². The van der Waals surface area contributed by atoms with Gasteiger partial charge in [0.05, 0.1) is 11.3 Å². The molecule has 2 aliphatic carbocycles. The second-order valence-corrected chi connectivity index (χ2v) is 11.0. The number of halogens is 1. The summed E-state index contributed by atoms with van der Waals surface area (Å²) < 4.78 is 1.00. The number of fused-ring (bicyclic) bond motifs is 4. The zero-order chi connectivity index (χ0) is 22.9. The van der Waals surface area contributed by atoms with Crippen LogP contribution in [0, 0.1) is 12.3 Å². The highest BCUT2D eigenvalue weighted by atomic mass is 79.9. The van der Waals surface area contributed by atoms with E-state index in [9.17, 15) is 4.79 Å². The van der Waals surface area contributed by atoms with Crippen molar-refractivity contribution >= 4 is 38.3 Å². The average molecular weight is 502 g/mol. The summed E-state index contributed by atoms with van der Waals surface area (Å²) in [5, 5.41) is 0.944. The molecule has 1 aliphatic heterocycles. The Balaban J connectivity index is 1.40. The lowest BCUT2D eigenvalue weighted by Gasteiger charge is -2.44. The van der Waals surface area contributed by atoms with Gasteiger partial charge in [0.2, 0.25) is 0 Å². The number of anilines is 1. The predicted molar refractivity (Wildman–Crippen MR) is 137 cm³/mol. The summed E-state index contributed by atoms with van der Waals surface area (Å²) in [6.07, 6.45) is 9.70. The van der Waals surface area contributed by atoms with Crippen molar-refractivity contribution in [3.05, 3.63) is 62.8 Å². The molecule has 0 spiro atoms. The van der Waals surface area contributed by atoms with Crippen LogP contribution in [-0.4, -0.2) is 47.9 Å². The van der Waals surface area contributed by atoms with Crippen molar-refractivity contribution in [1.29, 1.82) is 0 Å². The van der Waals surface area contributed by atoms with Crippen molar-refractivity contribution < 1.29 is 4.79 Å². The number of nitrogens with zero attached hydrogens (tertiary/aromatic N) is 2. The quantitative estimate of drug-likeness (QED) is 0.474. The van der Waals surface area contributed by atoms with E-state index in [0.717, 1.165) is 75.5 Å². The van der Waals surface area contributed by atoms with Crippen LogP contribution in [0.3, 0.4) is 0 Å². The number of carbonyl (C=O) groups is 1. The molecule has 1 aromatic heterocycles. The number of H-pyrrole nitrogens is 1. The Kier molecular flexibility index (Phi) is 4.76. The molecule has 0 atom stereocenters. The van der Waals surface area contributed by atoms with E-state index in [1.54, 1.807) is 0 Å². The number of ketones is 1. The molecule has 5 heteroatoms. The van der Waals surface area contributed by atoms with Crippen molar-refractivity contribution in [2.75, 3.05) is 31.1 Å². The van der Waals surface area contributed by atoms with Crippen molar-refractivity contribution in [3.63, 3.8) is 0 Å². The molecule has 3 aliphatic rings. The molecule has 2 heterocycles. The van der Waals surface area contributed by atoms with Crippen LogP contribution >= 0.6 is 15.9 Å². The maximum atomic E-state index is 13.7. The number of nitrogens with one attached hydrogen (secondary N) is 1. The predicted octanol–water partition coefficient (Wildman–Crippen LogP) is 5.46. The largest absolute Gasteiger partial charge is 0.368 e. The summed E-state index contributed by atoms with van der Waals surface area (Å²) >= 11 is 3.81. The Morgan fingerprint density at radius 1 is 1.12 bits per heavy atom. The fraction of sp³-hybridized carbons (Fsp3) is 0.393. The van der Waals surface area contributed by atoms with E-state index in [0.29, 0.717) is 0 Å². The molecule has 0 bridgehead atoms. The number of carbonyl (C=O) groups excluding carboxylic acids is 1. The number of aromatic nitrogens is 1. The lowest BCUT2D eigenvalue weighted by molar-refractivity contribution is 0.103. The lowest BCUT2D eigenvalue weighted by atomic mass is 9.71. The van der Waals surface area contributed by atoms with E-state index >= 15 is 0 Å². The van der Waals surface area contributed by atoms with Gasteiger partial charge in [0.25, 0.3) is 0 Å². The molecule has 168 valence electrons. The molecule has 0 unspecified atom stereocenters. The first kappa shape index (κ1) is 21.0. The van der Waals surface area contributed by atoms with E-state index in [2.05, 4.69) is 56.5 Å². The smallest absolute Gasteiger partial charge is 0.195 e. The third kappa shape index (κ3) is 3.11. The normalized spacial score (nSPS) is 20.3. The maximum absolute atomic E-state index is 13.7. The maximum Gasteiger partial charge on any atom is 0.195 e. The van der Waals surface area contributed by atoms with Crippen molar-refractivity contribution in [2.24, 2.45) is 0 Å². The summed E-state index contributed by atoms with van der Waals surface area (Å²) in [7, 11) is 0. The Bertz CT molecular complexity index is 1330. The van der Waals surface area contributed by atoms with Gasteiger partial charge < -0.3 is 9.88 Å². The lowest BCUT2D eigenvalue weighted by Crippen LogP contribution is -2.52. The minimum absolute atomic E-state index is 0.0843. The number of hydrogen-bond donors (Lipinski definition) is 1. The molecule has 3 aromatic rings. The highest BCUT2D eigenvalue weighted by Crippen LogP contribution is 2.46. The Morgan fingerprint density at radius 3 is 2.55 bits per heavy atom. The second-order valence-electron chi connectivity index (χ2n) is 10.2. The summed E-state index contributed by atoms with van der Waals surface area (Å²) in [5.41, 5.74) is 6.24. The van der Waals surface area contributed by atoms with Gasteiger partial charge in [-0.05, 0) is 58.6 Å². The van der Waals surface area contributed by atoms with Crippen LogP contribution in [0.25, 0.3) is 10.9 Å². The molecule has 1 saturated carbocycles. The van der Waals surface area contributed by atoms with E-state index in [1.165, 1.54) is 24.9 Å². The first-order chi connectivity index (χ1) is 15.9. The van der Waals surface area contributed by atoms with Gasteiger partial charge in [-0.15, -0.1) is 6.42 Å². The van der Waals surface area contributed by atoms with Crippen molar-refractivity contribution in [2.45, 2.75) is 44.6 Å². The van der Waals surface area contributed by atoms with Gasteiger partial charge in [0.1, 0.15) is 0 Å². The van der Waals surface area contributed by atoms with E-state index in [-0.39, 0.29) is 11.2 Å². The summed E-state index contributed by atoms with van der Waals surface area (Å²) in [6.45, 7) is 8.69. The third-order valence-corrected chi connectivity index (χ3v) is 8.70. The molecular formula is C28H28BrN3O. The highest BCUT2D eigenvalue weighted by molar-refractivity contribution is 9.10. The van der Waals surface area contributed by atoms with Crippen LogP contribution in [-0.2, 0) is 5.41 Å². The fourth-order valence-electron chi connectivity index (χ4n) is 5.85. The first-order valence-corrected chi connectivity index (χ1v) is 12.7. The number of hydrogen-bond acceptors (Lipinski definition) is 3. The molecule has 6 rings (SSSR count). The van der Waals surface area contributed by atoms with E-state index in [1.807, 2.05) is 24.3 Å². The van der Waals surface area contributed by atoms with Gasteiger partial charge in [0.15, 0.2) is 5.78 Å². The Labute approximate surface area is 203 Å². The average Bonchev–Trinajstić information content (AvgIpc) is 3.17. The molecule has 4 nitrogen and oxygen atoms in total. The number of terminal acetylenes is 1. The minimum atomic E-state index is -0.322. The first-order valence-electron chi connectivity index (χ1n) is 11.9. The van der Waals surface area contributed by atoms with Crippen LogP contribution in [0.1, 0.15) is 65.9 Å². The van der Waals surface area contributed by atoms with E-state index in [4.69, 9.17) is 6.42 Å². The fourth-order valence-corrected chi connectivity index (χ4v) is 6.44. The standard InChI is InChI=1S/C28H28BrN3O/c1-4-17-8-9-19-23(14-17)30-27-25(19)26(33)20-15-22(29)24(16-21(20)28(27,2)3)32-12-10-31(11-13-32)18-6-5-7-18/h1,8-9,14-16,18,30H,5-7,10-13H2,2-3H3. The highest BCUT2D eigenvalue weighted by Gasteiger charge is 2.40. The zero-order valence-corrected chi connectivity index (χ0v) is 20.8. The summed E-state index contributed by atoms with van der Waals surface area (Å²) in [5.74, 6) is 2.78. The van der Waals surface area contributed by atoms with Crippen molar-refractivity contribution in [1.82, 2.24) is 9.88 Å². The molecule has 0 amide bonds. The number of aromatic amines is 1.